The molecule has 1 amide bonds. The van der Waals surface area contributed by atoms with Crippen LogP contribution in [0.3, 0.4) is 0 Å². The predicted molar refractivity (Wildman–Crippen MR) is 69.0 cm³/mol. The highest BCUT2D eigenvalue weighted by Gasteiger charge is 2.10. The van der Waals surface area contributed by atoms with Crippen molar-refractivity contribution in [1.29, 1.82) is 0 Å². The van der Waals surface area contributed by atoms with E-state index in [0.29, 0.717) is 19.6 Å². The SMILES string of the molecule is Cn1cc(COCC(NC=O)c2ccccc2)nn1. The van der Waals surface area contributed by atoms with Gasteiger partial charge >= 0.3 is 0 Å². The minimum absolute atomic E-state index is 0.157. The number of amides is 1. The van der Waals surface area contributed by atoms with Gasteiger partial charge in [-0.05, 0) is 5.56 Å². The summed E-state index contributed by atoms with van der Waals surface area (Å²) in [6.45, 7) is 0.761. The Morgan fingerprint density at radius 3 is 2.84 bits per heavy atom. The van der Waals surface area contributed by atoms with Gasteiger partial charge in [-0.15, -0.1) is 5.10 Å². The number of aromatic nitrogens is 3. The third kappa shape index (κ3) is 3.89. The monoisotopic (exact) mass is 260 g/mol. The van der Waals surface area contributed by atoms with E-state index in [2.05, 4.69) is 15.6 Å². The number of benzene rings is 1. The van der Waals surface area contributed by atoms with Crippen molar-refractivity contribution in [2.45, 2.75) is 12.6 Å². The Labute approximate surface area is 111 Å². The molecule has 100 valence electrons. The first kappa shape index (κ1) is 13.2. The third-order valence-electron chi connectivity index (χ3n) is 2.66. The lowest BCUT2D eigenvalue weighted by molar-refractivity contribution is -0.110. The van der Waals surface area contributed by atoms with Crippen LogP contribution in [0.2, 0.25) is 0 Å². The molecule has 0 bridgehead atoms. The summed E-state index contributed by atoms with van der Waals surface area (Å²) in [6.07, 6.45) is 2.48. The third-order valence-corrected chi connectivity index (χ3v) is 2.66. The average molecular weight is 260 g/mol. The second-order valence-electron chi connectivity index (χ2n) is 4.15. The minimum atomic E-state index is -0.157. The molecular weight excluding hydrogens is 244 g/mol. The Kier molecular flexibility index (Phi) is 4.63. The maximum absolute atomic E-state index is 10.6. The summed E-state index contributed by atoms with van der Waals surface area (Å²) in [7, 11) is 1.80. The summed E-state index contributed by atoms with van der Waals surface area (Å²) in [5.74, 6) is 0. The van der Waals surface area contributed by atoms with E-state index in [9.17, 15) is 4.79 Å². The number of nitrogens with zero attached hydrogens (tertiary/aromatic N) is 3. The number of ether oxygens (including phenoxy) is 1. The Morgan fingerprint density at radius 1 is 1.42 bits per heavy atom. The Balaban J connectivity index is 1.89. The zero-order valence-electron chi connectivity index (χ0n) is 10.7. The van der Waals surface area contributed by atoms with Gasteiger partial charge < -0.3 is 10.1 Å². The van der Waals surface area contributed by atoms with Crippen LogP contribution in [-0.4, -0.2) is 28.0 Å². The molecule has 0 aliphatic rings. The lowest BCUT2D eigenvalue weighted by atomic mass is 10.1. The van der Waals surface area contributed by atoms with Gasteiger partial charge in [0.1, 0.15) is 5.69 Å². The van der Waals surface area contributed by atoms with Gasteiger partial charge in [0.25, 0.3) is 0 Å². The lowest BCUT2D eigenvalue weighted by Gasteiger charge is -2.16. The van der Waals surface area contributed by atoms with Crippen LogP contribution >= 0.6 is 0 Å². The van der Waals surface area contributed by atoms with Crippen LogP contribution in [0.4, 0.5) is 0 Å². The Bertz CT molecular complexity index is 512. The first-order valence-corrected chi connectivity index (χ1v) is 5.97. The summed E-state index contributed by atoms with van der Waals surface area (Å²) in [4.78, 5) is 10.6. The van der Waals surface area contributed by atoms with Crippen LogP contribution in [0.5, 0.6) is 0 Å². The molecule has 6 nitrogen and oxygen atoms in total. The molecule has 1 aromatic carbocycles. The van der Waals surface area contributed by atoms with E-state index < -0.39 is 0 Å². The second-order valence-corrected chi connectivity index (χ2v) is 4.15. The maximum Gasteiger partial charge on any atom is 0.207 e. The molecule has 0 saturated heterocycles. The molecule has 1 unspecified atom stereocenters. The van der Waals surface area contributed by atoms with Gasteiger partial charge in [-0.1, -0.05) is 35.5 Å². The molecule has 1 atom stereocenters. The number of nitrogens with one attached hydrogen (secondary N) is 1. The summed E-state index contributed by atoms with van der Waals surface area (Å²) in [6, 6.07) is 9.53. The van der Waals surface area contributed by atoms with Gasteiger partial charge in [0, 0.05) is 7.05 Å². The maximum atomic E-state index is 10.6. The Morgan fingerprint density at radius 2 is 2.21 bits per heavy atom. The molecule has 1 heterocycles. The van der Waals surface area contributed by atoms with Gasteiger partial charge in [-0.2, -0.15) is 0 Å². The molecule has 19 heavy (non-hydrogen) atoms. The summed E-state index contributed by atoms with van der Waals surface area (Å²) in [5, 5.41) is 10.5. The molecule has 2 aromatic rings. The van der Waals surface area contributed by atoms with Crippen molar-refractivity contribution in [1.82, 2.24) is 20.3 Å². The summed E-state index contributed by atoms with van der Waals surface area (Å²) in [5.41, 5.74) is 1.77. The predicted octanol–water partition coefficient (Wildman–Crippen LogP) is 0.819. The van der Waals surface area contributed by atoms with Gasteiger partial charge in [0.05, 0.1) is 25.5 Å². The minimum Gasteiger partial charge on any atom is -0.373 e. The molecule has 0 fully saturated rings. The van der Waals surface area contributed by atoms with Crippen LogP contribution in [0.15, 0.2) is 36.5 Å². The van der Waals surface area contributed by atoms with Crippen LogP contribution < -0.4 is 5.32 Å². The molecule has 0 spiro atoms. The average Bonchev–Trinajstić information content (AvgIpc) is 2.84. The van der Waals surface area contributed by atoms with Crippen molar-refractivity contribution in [3.63, 3.8) is 0 Å². The van der Waals surface area contributed by atoms with Crippen LogP contribution in [0.25, 0.3) is 0 Å². The van der Waals surface area contributed by atoms with E-state index in [1.165, 1.54) is 0 Å². The molecular formula is C13H16N4O2. The number of carbonyl (C=O) groups excluding carboxylic acids is 1. The second kappa shape index (κ2) is 6.65. The number of carbonyl (C=O) groups is 1. The van der Waals surface area contributed by atoms with Crippen molar-refractivity contribution in [3.05, 3.63) is 47.8 Å². The van der Waals surface area contributed by atoms with E-state index in [-0.39, 0.29) is 6.04 Å². The quantitative estimate of drug-likeness (QED) is 0.748. The van der Waals surface area contributed by atoms with Crippen molar-refractivity contribution in [3.8, 4) is 0 Å². The van der Waals surface area contributed by atoms with E-state index >= 15 is 0 Å². The highest BCUT2D eigenvalue weighted by Crippen LogP contribution is 2.12. The van der Waals surface area contributed by atoms with Crippen molar-refractivity contribution < 1.29 is 9.53 Å². The van der Waals surface area contributed by atoms with Crippen LogP contribution in [0, 0.1) is 0 Å². The molecule has 0 aliphatic heterocycles. The van der Waals surface area contributed by atoms with Crippen molar-refractivity contribution >= 4 is 6.41 Å². The van der Waals surface area contributed by atoms with Gasteiger partial charge in [-0.3, -0.25) is 9.48 Å². The lowest BCUT2D eigenvalue weighted by Crippen LogP contribution is -2.24. The zero-order chi connectivity index (χ0) is 13.5. The molecule has 1 N–H and O–H groups in total. The van der Waals surface area contributed by atoms with E-state index in [4.69, 9.17) is 4.74 Å². The number of hydrogen-bond donors (Lipinski definition) is 1. The number of hydrogen-bond acceptors (Lipinski definition) is 4. The van der Waals surface area contributed by atoms with Crippen molar-refractivity contribution in [2.24, 2.45) is 7.05 Å². The fraction of sp³-hybridized carbons (Fsp3) is 0.308. The Hall–Kier alpha value is -2.21. The molecule has 0 saturated carbocycles. The smallest absolute Gasteiger partial charge is 0.207 e. The topological polar surface area (TPSA) is 69.0 Å². The first-order chi connectivity index (χ1) is 9.29. The van der Waals surface area contributed by atoms with E-state index in [0.717, 1.165) is 11.3 Å². The summed E-state index contributed by atoms with van der Waals surface area (Å²) < 4.78 is 7.19. The van der Waals surface area contributed by atoms with Crippen molar-refractivity contribution in [2.75, 3.05) is 6.61 Å². The summed E-state index contributed by atoms with van der Waals surface area (Å²) >= 11 is 0. The number of aryl methyl sites for hydroxylation is 1. The molecule has 0 radical (unpaired) electrons. The van der Waals surface area contributed by atoms with E-state index in [1.54, 1.807) is 17.9 Å². The normalized spacial score (nSPS) is 12.1. The van der Waals surface area contributed by atoms with Gasteiger partial charge in [-0.25, -0.2) is 0 Å². The van der Waals surface area contributed by atoms with Gasteiger partial charge in [0.15, 0.2) is 0 Å². The van der Waals surface area contributed by atoms with Gasteiger partial charge in [0.2, 0.25) is 6.41 Å². The highest BCUT2D eigenvalue weighted by atomic mass is 16.5. The van der Waals surface area contributed by atoms with E-state index in [1.807, 2.05) is 30.3 Å². The molecule has 2 rings (SSSR count). The standard InChI is InChI=1S/C13H16N4O2/c1-17-7-12(15-16-17)8-19-9-13(14-10-18)11-5-3-2-4-6-11/h2-7,10,13H,8-9H2,1H3,(H,14,18). The largest absolute Gasteiger partial charge is 0.373 e. The zero-order valence-corrected chi connectivity index (χ0v) is 10.7. The fourth-order valence-electron chi connectivity index (χ4n) is 1.75. The molecule has 6 heteroatoms. The molecule has 1 aromatic heterocycles. The van der Waals surface area contributed by atoms with Crippen LogP contribution in [0.1, 0.15) is 17.3 Å². The fourth-order valence-corrected chi connectivity index (χ4v) is 1.75. The number of rotatable bonds is 7. The van der Waals surface area contributed by atoms with Crippen LogP contribution in [-0.2, 0) is 23.2 Å². The first-order valence-electron chi connectivity index (χ1n) is 5.97. The molecule has 0 aliphatic carbocycles. The highest BCUT2D eigenvalue weighted by molar-refractivity contribution is 5.47.